The minimum atomic E-state index is -1.97. The summed E-state index contributed by atoms with van der Waals surface area (Å²) in [7, 11) is 0. The van der Waals surface area contributed by atoms with Crippen molar-refractivity contribution in [1.82, 2.24) is 5.32 Å². The van der Waals surface area contributed by atoms with Crippen LogP contribution in [0, 0.1) is 5.92 Å². The van der Waals surface area contributed by atoms with Gasteiger partial charge in [-0.2, -0.15) is 0 Å². The number of nitrogens with two attached hydrogens (primary N) is 1. The molecule has 0 fully saturated rings. The normalized spacial score (nSPS) is 10.6. The summed E-state index contributed by atoms with van der Waals surface area (Å²) in [6.07, 6.45) is -2.70. The molecular weight excluding hydrogens is 445 g/mol. The predicted octanol–water partition coefficient (Wildman–Crippen LogP) is -18.9. The van der Waals surface area contributed by atoms with Crippen LogP contribution in [0.3, 0.4) is 0 Å². The second-order valence-corrected chi connectivity index (χ2v) is 4.49. The molecule has 0 aromatic heterocycles. The Hall–Kier alpha value is 4.35. The molecule has 10 nitrogen and oxygen atoms in total. The van der Waals surface area contributed by atoms with Crippen LogP contribution in [0.2, 0.25) is 0 Å². The van der Waals surface area contributed by atoms with Crippen LogP contribution in [-0.2, 0) is 19.2 Å². The van der Waals surface area contributed by atoms with E-state index in [9.17, 15) is 39.6 Å². The SMILES string of the molecule is NCC(CC(=O)[O-])C(CC(=O)[O-])(CC(=O)[O-])NCC(=O)[O-].[K+].[K+].[K+].[K+]. The van der Waals surface area contributed by atoms with Crippen molar-refractivity contribution in [3.8, 4) is 0 Å². The molecule has 0 saturated carbocycles. The third-order valence-corrected chi connectivity index (χ3v) is 2.98. The van der Waals surface area contributed by atoms with E-state index in [1.165, 1.54) is 0 Å². The average Bonchev–Trinajstić information content (AvgIpc) is 2.31. The summed E-state index contributed by atoms with van der Waals surface area (Å²) in [5, 5.41) is 45.0. The Balaban J connectivity index is -0.000000333. The molecule has 0 bridgehead atoms. The molecule has 1 unspecified atom stereocenters. The van der Waals surface area contributed by atoms with Gasteiger partial charge in [0.25, 0.3) is 0 Å². The molecule has 0 heterocycles. The summed E-state index contributed by atoms with van der Waals surface area (Å²) >= 11 is 0. The Bertz CT molecular complexity index is 422. The molecule has 0 rings (SSSR count). The molecule has 0 amide bonds. The van der Waals surface area contributed by atoms with E-state index in [1.54, 1.807) is 0 Å². The van der Waals surface area contributed by atoms with Crippen molar-refractivity contribution >= 4 is 23.9 Å². The molecular formula is C11H14K4N2O8. The number of carbonyl (C=O) groups excluding carboxylic acids is 4. The van der Waals surface area contributed by atoms with Gasteiger partial charge >= 0.3 is 206 Å². The topological polar surface area (TPSA) is 199 Å². The molecule has 0 aliphatic rings. The summed E-state index contributed by atoms with van der Waals surface area (Å²) < 4.78 is 0. The van der Waals surface area contributed by atoms with Gasteiger partial charge in [-0.3, -0.25) is 0 Å². The summed E-state index contributed by atoms with van der Waals surface area (Å²) in [5.74, 6) is -7.88. The van der Waals surface area contributed by atoms with Crippen molar-refractivity contribution in [2.24, 2.45) is 11.7 Å². The maximum absolute atomic E-state index is 10.8. The standard InChI is InChI=1S/C11H18N2O8.4K/c12-4-6(1-7(14)15)11(2-8(16)17,3-9(18)19)13-5-10(20)21;;;;/h6,13H,1-5,12H2,(H,14,15)(H,16,17)(H,18,19)(H,20,21);;;;/q;4*+1/p-4. The fraction of sp³-hybridized carbons (Fsp3) is 0.636. The second kappa shape index (κ2) is 21.6. The zero-order valence-corrected chi connectivity index (χ0v) is 27.4. The smallest absolute Gasteiger partial charge is 0.550 e. The van der Waals surface area contributed by atoms with Crippen molar-refractivity contribution in [3.63, 3.8) is 0 Å². The number of carboxylic acids is 4. The number of carbonyl (C=O) groups is 4. The fourth-order valence-electron chi connectivity index (χ4n) is 2.09. The Kier molecular flexibility index (Phi) is 34.3. The van der Waals surface area contributed by atoms with Gasteiger partial charge in [-0.05, 0) is 18.9 Å². The molecule has 0 spiro atoms. The van der Waals surface area contributed by atoms with Crippen LogP contribution in [0.5, 0.6) is 0 Å². The molecule has 0 saturated heterocycles. The Morgan fingerprint density at radius 2 is 1.20 bits per heavy atom. The number of nitrogens with one attached hydrogen (secondary N) is 1. The van der Waals surface area contributed by atoms with E-state index in [0.717, 1.165) is 0 Å². The van der Waals surface area contributed by atoms with Gasteiger partial charge in [0, 0.05) is 42.8 Å². The van der Waals surface area contributed by atoms with Gasteiger partial charge in [0.1, 0.15) is 0 Å². The zero-order valence-electron chi connectivity index (χ0n) is 15.0. The van der Waals surface area contributed by atoms with Crippen molar-refractivity contribution in [2.45, 2.75) is 24.8 Å². The first-order valence-corrected chi connectivity index (χ1v) is 5.87. The van der Waals surface area contributed by atoms with Crippen LogP contribution in [0.15, 0.2) is 0 Å². The van der Waals surface area contributed by atoms with Gasteiger partial charge in [0.15, 0.2) is 0 Å². The largest absolute Gasteiger partial charge is 1.00 e. The van der Waals surface area contributed by atoms with E-state index < -0.39 is 67.7 Å². The number of carboxylic acid groups (broad SMARTS) is 4. The molecule has 0 aliphatic heterocycles. The molecule has 1 atom stereocenters. The fourth-order valence-corrected chi connectivity index (χ4v) is 2.09. The molecule has 25 heavy (non-hydrogen) atoms. The molecule has 3 N–H and O–H groups in total. The van der Waals surface area contributed by atoms with E-state index in [0.29, 0.717) is 0 Å². The first-order valence-electron chi connectivity index (χ1n) is 5.87. The first kappa shape index (κ1) is 39.8. The minimum absolute atomic E-state index is 0. The number of hydrogen-bond acceptors (Lipinski definition) is 10. The van der Waals surface area contributed by atoms with Crippen LogP contribution in [0.4, 0.5) is 0 Å². The summed E-state index contributed by atoms with van der Waals surface area (Å²) in [6.45, 7) is -1.32. The van der Waals surface area contributed by atoms with Crippen molar-refractivity contribution < 1.29 is 245 Å². The van der Waals surface area contributed by atoms with Crippen molar-refractivity contribution in [2.75, 3.05) is 13.1 Å². The molecule has 0 aromatic carbocycles. The number of hydrogen-bond donors (Lipinski definition) is 2. The maximum Gasteiger partial charge on any atom is 1.00 e. The van der Waals surface area contributed by atoms with E-state index >= 15 is 0 Å². The Labute approximate surface area is 315 Å². The van der Waals surface area contributed by atoms with Gasteiger partial charge in [-0.15, -0.1) is 0 Å². The first-order chi connectivity index (χ1) is 9.62. The number of rotatable bonds is 11. The summed E-state index contributed by atoms with van der Waals surface area (Å²) in [5.41, 5.74) is 3.38. The molecule has 0 radical (unpaired) electrons. The Morgan fingerprint density at radius 3 is 1.44 bits per heavy atom. The van der Waals surface area contributed by atoms with Crippen molar-refractivity contribution in [3.05, 3.63) is 0 Å². The van der Waals surface area contributed by atoms with Gasteiger partial charge in [-0.25, -0.2) is 0 Å². The van der Waals surface area contributed by atoms with Crippen molar-refractivity contribution in [1.29, 1.82) is 0 Å². The van der Waals surface area contributed by atoms with Gasteiger partial charge in [-0.1, -0.05) is 0 Å². The molecule has 120 valence electrons. The minimum Gasteiger partial charge on any atom is -0.550 e. The third kappa shape index (κ3) is 18.8. The number of aliphatic carboxylic acids is 4. The third-order valence-electron chi connectivity index (χ3n) is 2.98. The van der Waals surface area contributed by atoms with E-state index in [1.807, 2.05) is 0 Å². The second-order valence-electron chi connectivity index (χ2n) is 4.49. The average molecular weight is 459 g/mol. The van der Waals surface area contributed by atoms with E-state index in [4.69, 9.17) is 5.73 Å². The van der Waals surface area contributed by atoms with Gasteiger partial charge < -0.3 is 50.7 Å². The zero-order chi connectivity index (χ0) is 16.6. The van der Waals surface area contributed by atoms with Crippen LogP contribution >= 0.6 is 0 Å². The molecule has 14 heteroatoms. The van der Waals surface area contributed by atoms with Crippen LogP contribution in [-0.4, -0.2) is 42.5 Å². The quantitative estimate of drug-likeness (QED) is 0.280. The maximum atomic E-state index is 10.8. The van der Waals surface area contributed by atoms with E-state index in [2.05, 4.69) is 5.32 Å². The summed E-state index contributed by atoms with van der Waals surface area (Å²) in [4.78, 5) is 42.8. The van der Waals surface area contributed by atoms with E-state index in [-0.39, 0.29) is 206 Å². The Morgan fingerprint density at radius 1 is 0.800 bits per heavy atom. The van der Waals surface area contributed by atoms with Crippen LogP contribution < -0.4 is 237 Å². The van der Waals surface area contributed by atoms with Crippen LogP contribution in [0.1, 0.15) is 19.3 Å². The monoisotopic (exact) mass is 458 g/mol. The summed E-state index contributed by atoms with van der Waals surface area (Å²) in [6, 6.07) is 0. The van der Waals surface area contributed by atoms with Gasteiger partial charge in [0.05, 0.1) is 5.97 Å². The van der Waals surface area contributed by atoms with Crippen LogP contribution in [0.25, 0.3) is 0 Å². The molecule has 0 aromatic rings. The van der Waals surface area contributed by atoms with Gasteiger partial charge in [0.2, 0.25) is 0 Å². The molecule has 0 aliphatic carbocycles. The predicted molar refractivity (Wildman–Crippen MR) is 57.2 cm³/mol.